The van der Waals surface area contributed by atoms with Crippen molar-refractivity contribution in [2.45, 2.75) is 19.3 Å². The monoisotopic (exact) mass is 316 g/mol. The third-order valence-corrected chi connectivity index (χ3v) is 1.70. The van der Waals surface area contributed by atoms with E-state index in [-0.39, 0.29) is 21.1 Å². The van der Waals surface area contributed by atoms with Crippen molar-refractivity contribution in [3.63, 3.8) is 0 Å². The minimum atomic E-state index is 0. The van der Waals surface area contributed by atoms with E-state index in [1.54, 1.807) is 0 Å². The molecule has 11 heavy (non-hydrogen) atoms. The van der Waals surface area contributed by atoms with E-state index in [1.807, 2.05) is 18.2 Å². The summed E-state index contributed by atoms with van der Waals surface area (Å²) in [4.78, 5) is 0. The van der Waals surface area contributed by atoms with Gasteiger partial charge in [-0.05, 0) is 0 Å². The fraction of sp³-hybridized carbons (Fsp3) is 0.300. The van der Waals surface area contributed by atoms with Gasteiger partial charge < -0.3 is 6.92 Å². The predicted octanol–water partition coefficient (Wildman–Crippen LogP) is 2.81. The first-order valence-electron chi connectivity index (χ1n) is 3.60. The summed E-state index contributed by atoms with van der Waals surface area (Å²) in [5, 5.41) is 0. The van der Waals surface area contributed by atoms with E-state index < -0.39 is 0 Å². The van der Waals surface area contributed by atoms with Crippen LogP contribution in [0.1, 0.15) is 24.8 Å². The van der Waals surface area contributed by atoms with Crippen LogP contribution in [-0.4, -0.2) is 0 Å². The molecule has 0 N–H and O–H groups in total. The molecule has 0 nitrogen and oxygen atoms in total. The summed E-state index contributed by atoms with van der Waals surface area (Å²) < 4.78 is 0. The molecule has 0 aliphatic rings. The van der Waals surface area contributed by atoms with Crippen molar-refractivity contribution in [3.05, 3.63) is 42.8 Å². The van der Waals surface area contributed by atoms with Gasteiger partial charge in [-0.25, -0.2) is 0 Å². The zero-order chi connectivity index (χ0) is 7.40. The number of hydrogen-bond donors (Lipinski definition) is 0. The van der Waals surface area contributed by atoms with Crippen LogP contribution in [0.2, 0.25) is 0 Å². The average Bonchev–Trinajstić information content (AvgIpc) is 2.05. The Morgan fingerprint density at radius 2 is 2.27 bits per heavy atom. The topological polar surface area (TPSA) is 0 Å². The normalized spacial score (nSPS) is 11.8. The first kappa shape index (κ1) is 10.9. The second-order valence-corrected chi connectivity index (χ2v) is 2.51. The molecule has 1 aromatic rings. The summed E-state index contributed by atoms with van der Waals surface area (Å²) in [5.74, 6) is 0.543. The average molecular weight is 316 g/mol. The summed E-state index contributed by atoms with van der Waals surface area (Å²) in [6.45, 7) is 6.01. The third-order valence-electron chi connectivity index (χ3n) is 1.70. The van der Waals surface area contributed by atoms with E-state index in [0.29, 0.717) is 5.92 Å². The van der Waals surface area contributed by atoms with Gasteiger partial charge in [0.05, 0.1) is 0 Å². The first-order valence-corrected chi connectivity index (χ1v) is 3.60. The van der Waals surface area contributed by atoms with Crippen LogP contribution in [0.15, 0.2) is 24.3 Å². The Hall–Kier alpha value is -0.0917. The molecule has 0 aliphatic heterocycles. The van der Waals surface area contributed by atoms with Crippen LogP contribution >= 0.6 is 0 Å². The Labute approximate surface area is 83.3 Å². The molecule has 0 aliphatic carbocycles. The van der Waals surface area contributed by atoms with Gasteiger partial charge >= 0.3 is 21.1 Å². The molecule has 0 saturated heterocycles. The molecular weight excluding hydrogens is 304 g/mol. The standard InChI is InChI=1S/C10H12.W/c1-3-9(2)10-7-5-4-6-8-10;/h4-7,9H,1,3H2,2H3;/q-2;+2. The van der Waals surface area contributed by atoms with Crippen molar-refractivity contribution < 1.29 is 21.1 Å². The molecule has 0 radical (unpaired) electrons. The minimum Gasteiger partial charge on any atom is -0.343 e. The largest absolute Gasteiger partial charge is 2.00 e. The molecule has 1 unspecified atom stereocenters. The maximum atomic E-state index is 3.84. The van der Waals surface area contributed by atoms with Gasteiger partial charge in [-0.3, -0.25) is 0 Å². The molecule has 1 aromatic carbocycles. The zero-order valence-electron chi connectivity index (χ0n) is 6.71. The molecule has 0 spiro atoms. The van der Waals surface area contributed by atoms with Crippen molar-refractivity contribution in [1.29, 1.82) is 0 Å². The fourth-order valence-corrected chi connectivity index (χ4v) is 0.869. The number of hydrogen-bond acceptors (Lipinski definition) is 0. The summed E-state index contributed by atoms with van der Waals surface area (Å²) in [7, 11) is 0. The molecular formula is C10H12W. The molecule has 1 rings (SSSR count). The van der Waals surface area contributed by atoms with Crippen LogP contribution in [-0.2, 0) is 21.1 Å². The van der Waals surface area contributed by atoms with Gasteiger partial charge in [0, 0.05) is 0 Å². The summed E-state index contributed by atoms with van der Waals surface area (Å²) in [6.07, 6.45) is 0.945. The van der Waals surface area contributed by atoms with Crippen LogP contribution < -0.4 is 0 Å². The Morgan fingerprint density at radius 1 is 1.55 bits per heavy atom. The molecule has 0 saturated carbocycles. The quantitative estimate of drug-likeness (QED) is 0.736. The molecule has 1 heteroatoms. The maximum absolute atomic E-state index is 3.84. The van der Waals surface area contributed by atoms with Crippen LogP contribution in [0.25, 0.3) is 0 Å². The van der Waals surface area contributed by atoms with Crippen LogP contribution in [0.3, 0.4) is 0 Å². The molecule has 0 aromatic heterocycles. The van der Waals surface area contributed by atoms with Gasteiger partial charge in [-0.15, -0.1) is 0 Å². The van der Waals surface area contributed by atoms with Gasteiger partial charge in [0.1, 0.15) is 0 Å². The molecule has 58 valence electrons. The van der Waals surface area contributed by atoms with Gasteiger partial charge in [0.2, 0.25) is 0 Å². The van der Waals surface area contributed by atoms with E-state index in [1.165, 1.54) is 5.56 Å². The molecule has 1 atom stereocenters. The Bertz CT molecular complexity index is 181. The summed E-state index contributed by atoms with van der Waals surface area (Å²) >= 11 is 0. The minimum absolute atomic E-state index is 0. The summed E-state index contributed by atoms with van der Waals surface area (Å²) in [6, 6.07) is 11.2. The predicted molar refractivity (Wildman–Crippen MR) is 43.7 cm³/mol. The van der Waals surface area contributed by atoms with Crippen LogP contribution in [0, 0.1) is 13.0 Å². The van der Waals surface area contributed by atoms with Crippen molar-refractivity contribution in [2.24, 2.45) is 0 Å². The van der Waals surface area contributed by atoms with E-state index in [0.717, 1.165) is 6.42 Å². The van der Waals surface area contributed by atoms with Crippen molar-refractivity contribution >= 4 is 0 Å². The van der Waals surface area contributed by atoms with Gasteiger partial charge in [-0.1, -0.05) is 12.8 Å². The first-order chi connectivity index (χ1) is 4.84. The van der Waals surface area contributed by atoms with Gasteiger partial charge in [-0.2, -0.15) is 42.3 Å². The van der Waals surface area contributed by atoms with Crippen molar-refractivity contribution in [3.8, 4) is 0 Å². The summed E-state index contributed by atoms with van der Waals surface area (Å²) in [5.41, 5.74) is 1.26. The Morgan fingerprint density at radius 3 is 2.73 bits per heavy atom. The molecule has 0 amide bonds. The number of rotatable bonds is 2. The van der Waals surface area contributed by atoms with E-state index in [4.69, 9.17) is 0 Å². The maximum Gasteiger partial charge on any atom is 2.00 e. The van der Waals surface area contributed by atoms with Crippen molar-refractivity contribution in [2.75, 3.05) is 0 Å². The Kier molecular flexibility index (Phi) is 5.50. The van der Waals surface area contributed by atoms with E-state index in [2.05, 4.69) is 26.0 Å². The van der Waals surface area contributed by atoms with Gasteiger partial charge in [0.25, 0.3) is 0 Å². The molecule has 0 bridgehead atoms. The van der Waals surface area contributed by atoms with E-state index in [9.17, 15) is 0 Å². The third kappa shape index (κ3) is 3.20. The fourth-order valence-electron chi connectivity index (χ4n) is 0.869. The van der Waals surface area contributed by atoms with Gasteiger partial charge in [0.15, 0.2) is 0 Å². The van der Waals surface area contributed by atoms with Crippen molar-refractivity contribution in [1.82, 2.24) is 0 Å². The second kappa shape index (κ2) is 5.54. The smallest absolute Gasteiger partial charge is 0.343 e. The molecule has 0 fully saturated rings. The van der Waals surface area contributed by atoms with Crippen LogP contribution in [0.5, 0.6) is 0 Å². The van der Waals surface area contributed by atoms with E-state index >= 15 is 0 Å². The number of benzene rings is 1. The zero-order valence-corrected chi connectivity index (χ0v) is 9.64. The Balaban J connectivity index is 0.000001000. The molecule has 0 heterocycles. The van der Waals surface area contributed by atoms with Crippen LogP contribution in [0.4, 0.5) is 0 Å². The second-order valence-electron chi connectivity index (χ2n) is 2.51. The SMILES string of the molecule is [CH2-]CC(C)c1[c-]cccc1.[W+2].